The summed E-state index contributed by atoms with van der Waals surface area (Å²) in [7, 11) is 0. The smallest absolute Gasteiger partial charge is 0.266 e. The molecule has 30 heavy (non-hydrogen) atoms. The first-order valence-corrected chi connectivity index (χ1v) is 10.5. The monoisotopic (exact) mass is 436 g/mol. The molecule has 0 aliphatic heterocycles. The van der Waals surface area contributed by atoms with Crippen LogP contribution >= 0.6 is 23.4 Å². The Morgan fingerprint density at radius 1 is 1.10 bits per heavy atom. The number of hydrogen-bond acceptors (Lipinski definition) is 5. The Labute approximate surface area is 181 Å². The quantitative estimate of drug-likeness (QED) is 0.283. The molecule has 0 saturated carbocycles. The Morgan fingerprint density at radius 2 is 1.87 bits per heavy atom. The minimum Gasteiger partial charge on any atom is -0.323 e. The van der Waals surface area contributed by atoms with Gasteiger partial charge in [-0.15, -0.1) is 0 Å². The molecule has 150 valence electrons. The number of benzene rings is 2. The summed E-state index contributed by atoms with van der Waals surface area (Å²) < 4.78 is 1.54. The number of amides is 1. The number of pyridine rings is 1. The van der Waals surface area contributed by atoms with Crippen LogP contribution in [0.15, 0.2) is 76.8 Å². The zero-order valence-electron chi connectivity index (χ0n) is 16.0. The molecule has 0 aliphatic rings. The molecular weight excluding hydrogens is 420 g/mol. The fourth-order valence-corrected chi connectivity index (χ4v) is 3.91. The SMILES string of the molecule is Cc1ccc(-n2c(SCC(=O)Nc3cccnc3Cl)nc3ccccc3c2=O)cc1. The Kier molecular flexibility index (Phi) is 5.83. The minimum atomic E-state index is -0.271. The lowest BCUT2D eigenvalue weighted by atomic mass is 10.2. The molecule has 0 saturated heterocycles. The fraction of sp³-hybridized carbons (Fsp3) is 0.0909. The highest BCUT2D eigenvalue weighted by molar-refractivity contribution is 7.99. The van der Waals surface area contributed by atoms with Crippen LogP contribution < -0.4 is 10.9 Å². The van der Waals surface area contributed by atoms with E-state index in [1.807, 2.05) is 43.3 Å². The summed E-state index contributed by atoms with van der Waals surface area (Å²) in [5.74, 6) is -0.213. The number of aryl methyl sites for hydroxylation is 1. The largest absolute Gasteiger partial charge is 0.323 e. The third-order valence-corrected chi connectivity index (χ3v) is 5.64. The second kappa shape index (κ2) is 8.69. The lowest BCUT2D eigenvalue weighted by Crippen LogP contribution is -2.23. The van der Waals surface area contributed by atoms with E-state index in [0.29, 0.717) is 27.4 Å². The van der Waals surface area contributed by atoms with Gasteiger partial charge in [0.05, 0.1) is 28.0 Å². The Bertz CT molecular complexity index is 1290. The Morgan fingerprint density at radius 3 is 2.63 bits per heavy atom. The predicted molar refractivity (Wildman–Crippen MR) is 121 cm³/mol. The number of thioether (sulfide) groups is 1. The van der Waals surface area contributed by atoms with Crippen molar-refractivity contribution in [1.82, 2.24) is 14.5 Å². The first-order chi connectivity index (χ1) is 14.5. The summed E-state index contributed by atoms with van der Waals surface area (Å²) in [5, 5.41) is 3.91. The van der Waals surface area contributed by atoms with Gasteiger partial charge in [-0.2, -0.15) is 0 Å². The van der Waals surface area contributed by atoms with Gasteiger partial charge < -0.3 is 5.32 Å². The maximum Gasteiger partial charge on any atom is 0.266 e. The van der Waals surface area contributed by atoms with E-state index < -0.39 is 0 Å². The molecule has 4 aromatic rings. The van der Waals surface area contributed by atoms with Gasteiger partial charge in [-0.1, -0.05) is 53.2 Å². The highest BCUT2D eigenvalue weighted by Crippen LogP contribution is 2.23. The van der Waals surface area contributed by atoms with Gasteiger partial charge in [0.2, 0.25) is 5.91 Å². The maximum atomic E-state index is 13.2. The molecule has 1 N–H and O–H groups in total. The average molecular weight is 437 g/mol. The van der Waals surface area contributed by atoms with Crippen molar-refractivity contribution in [1.29, 1.82) is 0 Å². The van der Waals surface area contributed by atoms with Crippen molar-refractivity contribution in [3.63, 3.8) is 0 Å². The number of nitrogens with one attached hydrogen (secondary N) is 1. The van der Waals surface area contributed by atoms with Crippen molar-refractivity contribution in [2.24, 2.45) is 0 Å². The Balaban J connectivity index is 1.68. The van der Waals surface area contributed by atoms with Crippen LogP contribution in [0.5, 0.6) is 0 Å². The third-order valence-electron chi connectivity index (χ3n) is 4.40. The molecule has 0 aliphatic carbocycles. The molecule has 1 amide bonds. The van der Waals surface area contributed by atoms with Crippen LogP contribution in [-0.2, 0) is 4.79 Å². The number of para-hydroxylation sites is 1. The number of carbonyl (C=O) groups excluding carboxylic acids is 1. The Hall–Kier alpha value is -3.16. The van der Waals surface area contributed by atoms with E-state index >= 15 is 0 Å². The van der Waals surface area contributed by atoms with Crippen molar-refractivity contribution in [2.75, 3.05) is 11.1 Å². The van der Waals surface area contributed by atoms with E-state index in [0.717, 1.165) is 5.56 Å². The van der Waals surface area contributed by atoms with Gasteiger partial charge in [0, 0.05) is 6.20 Å². The maximum absolute atomic E-state index is 13.2. The van der Waals surface area contributed by atoms with Gasteiger partial charge in [-0.25, -0.2) is 9.97 Å². The molecule has 4 rings (SSSR count). The molecule has 0 bridgehead atoms. The van der Waals surface area contributed by atoms with Gasteiger partial charge in [0.15, 0.2) is 10.3 Å². The van der Waals surface area contributed by atoms with Crippen molar-refractivity contribution >= 4 is 45.9 Å². The van der Waals surface area contributed by atoms with Gasteiger partial charge in [-0.05, 0) is 43.3 Å². The standard InChI is InChI=1S/C22H17ClN4O2S/c1-14-8-10-15(11-9-14)27-21(29)16-5-2-3-6-17(16)26-22(27)30-13-19(28)25-18-7-4-12-24-20(18)23/h2-12H,13H2,1H3,(H,25,28). The number of halogens is 1. The van der Waals surface area contributed by atoms with Gasteiger partial charge >= 0.3 is 0 Å². The summed E-state index contributed by atoms with van der Waals surface area (Å²) in [6, 6.07) is 18.1. The average Bonchev–Trinajstić information content (AvgIpc) is 2.75. The van der Waals surface area contributed by atoms with E-state index in [1.165, 1.54) is 16.3 Å². The molecular formula is C22H17ClN4O2S. The van der Waals surface area contributed by atoms with Crippen molar-refractivity contribution in [3.8, 4) is 5.69 Å². The van der Waals surface area contributed by atoms with Gasteiger partial charge in [0.25, 0.3) is 5.56 Å². The molecule has 0 radical (unpaired) electrons. The topological polar surface area (TPSA) is 76.9 Å². The van der Waals surface area contributed by atoms with E-state index in [4.69, 9.17) is 11.6 Å². The van der Waals surface area contributed by atoms with Crippen LogP contribution in [0.1, 0.15) is 5.56 Å². The van der Waals surface area contributed by atoms with Crippen LogP contribution in [0.4, 0.5) is 5.69 Å². The highest BCUT2D eigenvalue weighted by atomic mass is 35.5. The van der Waals surface area contributed by atoms with Crippen LogP contribution in [0, 0.1) is 6.92 Å². The number of aromatic nitrogens is 3. The van der Waals surface area contributed by atoms with E-state index in [1.54, 1.807) is 30.5 Å². The molecule has 0 unspecified atom stereocenters. The minimum absolute atomic E-state index is 0.0574. The highest BCUT2D eigenvalue weighted by Gasteiger charge is 2.15. The van der Waals surface area contributed by atoms with Gasteiger partial charge in [-0.3, -0.25) is 14.2 Å². The number of anilines is 1. The number of fused-ring (bicyclic) bond motifs is 1. The van der Waals surface area contributed by atoms with Crippen molar-refractivity contribution < 1.29 is 4.79 Å². The van der Waals surface area contributed by atoms with Crippen LogP contribution in [0.3, 0.4) is 0 Å². The zero-order valence-corrected chi connectivity index (χ0v) is 17.6. The van der Waals surface area contributed by atoms with E-state index in [9.17, 15) is 9.59 Å². The summed E-state index contributed by atoms with van der Waals surface area (Å²) in [6.45, 7) is 1.98. The molecule has 0 fully saturated rings. The molecule has 8 heteroatoms. The summed E-state index contributed by atoms with van der Waals surface area (Å²) >= 11 is 7.18. The molecule has 6 nitrogen and oxygen atoms in total. The van der Waals surface area contributed by atoms with Crippen LogP contribution in [-0.4, -0.2) is 26.2 Å². The summed E-state index contributed by atoms with van der Waals surface area (Å²) in [4.78, 5) is 34.2. The van der Waals surface area contributed by atoms with E-state index in [2.05, 4.69) is 15.3 Å². The van der Waals surface area contributed by atoms with Gasteiger partial charge in [0.1, 0.15) is 0 Å². The van der Waals surface area contributed by atoms with E-state index in [-0.39, 0.29) is 22.4 Å². The lowest BCUT2D eigenvalue weighted by molar-refractivity contribution is -0.113. The number of rotatable bonds is 5. The first-order valence-electron chi connectivity index (χ1n) is 9.15. The summed E-state index contributed by atoms with van der Waals surface area (Å²) in [5.41, 5.74) is 2.63. The molecule has 0 atom stereocenters. The third kappa shape index (κ3) is 4.22. The lowest BCUT2D eigenvalue weighted by Gasteiger charge is -2.13. The van der Waals surface area contributed by atoms with Crippen molar-refractivity contribution in [2.45, 2.75) is 12.1 Å². The van der Waals surface area contributed by atoms with Crippen LogP contribution in [0.25, 0.3) is 16.6 Å². The molecule has 2 aromatic carbocycles. The normalized spacial score (nSPS) is 10.9. The molecule has 2 aromatic heterocycles. The van der Waals surface area contributed by atoms with Crippen molar-refractivity contribution in [3.05, 3.63) is 87.9 Å². The number of hydrogen-bond donors (Lipinski definition) is 1. The molecule has 0 spiro atoms. The zero-order chi connectivity index (χ0) is 21.1. The fourth-order valence-electron chi connectivity index (χ4n) is 2.93. The molecule has 2 heterocycles. The first kappa shape index (κ1) is 20.1. The van der Waals surface area contributed by atoms with Crippen LogP contribution in [0.2, 0.25) is 5.15 Å². The number of carbonyl (C=O) groups is 1. The second-order valence-electron chi connectivity index (χ2n) is 6.57. The predicted octanol–water partition coefficient (Wildman–Crippen LogP) is 4.47. The number of nitrogens with zero attached hydrogens (tertiary/aromatic N) is 3. The second-order valence-corrected chi connectivity index (χ2v) is 7.87. The summed E-state index contributed by atoms with van der Waals surface area (Å²) in [6.07, 6.45) is 1.55.